The highest BCUT2D eigenvalue weighted by atomic mass is 16.4. The zero-order valence-electron chi connectivity index (χ0n) is 11.6. The van der Waals surface area contributed by atoms with Gasteiger partial charge in [0.1, 0.15) is 0 Å². The van der Waals surface area contributed by atoms with Gasteiger partial charge in [-0.05, 0) is 35.2 Å². The second-order valence-corrected chi connectivity index (χ2v) is 4.78. The molecule has 20 heavy (non-hydrogen) atoms. The summed E-state index contributed by atoms with van der Waals surface area (Å²) >= 11 is 0. The number of aryl methyl sites for hydroxylation is 1. The van der Waals surface area contributed by atoms with Crippen molar-refractivity contribution in [1.82, 2.24) is 5.32 Å². The lowest BCUT2D eigenvalue weighted by Crippen LogP contribution is -2.13. The van der Waals surface area contributed by atoms with Gasteiger partial charge in [-0.15, -0.1) is 0 Å². The minimum Gasteiger partial charge on any atom is -0.478 e. The van der Waals surface area contributed by atoms with Crippen LogP contribution in [0, 0.1) is 0 Å². The van der Waals surface area contributed by atoms with Gasteiger partial charge in [-0.2, -0.15) is 0 Å². The van der Waals surface area contributed by atoms with Gasteiger partial charge < -0.3 is 10.4 Å². The van der Waals surface area contributed by atoms with Crippen molar-refractivity contribution in [3.63, 3.8) is 0 Å². The molecule has 2 aromatic rings. The normalized spacial score (nSPS) is 10.4. The smallest absolute Gasteiger partial charge is 0.335 e. The fraction of sp³-hybridized carbons (Fsp3) is 0.235. The van der Waals surface area contributed by atoms with Crippen LogP contribution < -0.4 is 5.32 Å². The molecule has 0 saturated carbocycles. The van der Waals surface area contributed by atoms with E-state index in [1.807, 2.05) is 6.07 Å². The van der Waals surface area contributed by atoms with E-state index in [9.17, 15) is 4.79 Å². The highest BCUT2D eigenvalue weighted by Crippen LogP contribution is 2.07. The van der Waals surface area contributed by atoms with Crippen LogP contribution in [0.5, 0.6) is 0 Å². The summed E-state index contributed by atoms with van der Waals surface area (Å²) in [7, 11) is 0. The molecule has 2 N–H and O–H groups in total. The quantitative estimate of drug-likeness (QED) is 0.846. The van der Waals surface area contributed by atoms with Gasteiger partial charge in [-0.1, -0.05) is 43.3 Å². The van der Waals surface area contributed by atoms with Crippen LogP contribution in [-0.2, 0) is 19.5 Å². The van der Waals surface area contributed by atoms with E-state index < -0.39 is 5.97 Å². The van der Waals surface area contributed by atoms with E-state index in [0.29, 0.717) is 12.1 Å². The maximum atomic E-state index is 10.9. The standard InChI is InChI=1S/C17H19NO2/c1-2-13-6-8-14(9-7-13)11-18-12-15-4-3-5-16(10-15)17(19)20/h3-10,18H,2,11-12H2,1H3,(H,19,20). The average molecular weight is 269 g/mol. The SMILES string of the molecule is CCc1ccc(CNCc2cccc(C(=O)O)c2)cc1. The van der Waals surface area contributed by atoms with E-state index in [1.54, 1.807) is 18.2 Å². The summed E-state index contributed by atoms with van der Waals surface area (Å²) in [5.41, 5.74) is 3.88. The zero-order valence-corrected chi connectivity index (χ0v) is 11.6. The first-order valence-corrected chi connectivity index (χ1v) is 6.80. The van der Waals surface area contributed by atoms with Crippen LogP contribution in [0.2, 0.25) is 0 Å². The van der Waals surface area contributed by atoms with Crippen LogP contribution in [0.15, 0.2) is 48.5 Å². The van der Waals surface area contributed by atoms with E-state index >= 15 is 0 Å². The molecule has 0 atom stereocenters. The van der Waals surface area contributed by atoms with Gasteiger partial charge in [0, 0.05) is 13.1 Å². The molecule has 3 nitrogen and oxygen atoms in total. The van der Waals surface area contributed by atoms with E-state index in [2.05, 4.69) is 36.5 Å². The first kappa shape index (κ1) is 14.3. The Morgan fingerprint density at radius 2 is 1.65 bits per heavy atom. The van der Waals surface area contributed by atoms with Gasteiger partial charge in [0.05, 0.1) is 5.56 Å². The highest BCUT2D eigenvalue weighted by molar-refractivity contribution is 5.87. The molecule has 3 heteroatoms. The molecule has 0 heterocycles. The number of nitrogens with one attached hydrogen (secondary N) is 1. The summed E-state index contributed by atoms with van der Waals surface area (Å²) in [6.45, 7) is 3.58. The van der Waals surface area contributed by atoms with Crippen LogP contribution in [-0.4, -0.2) is 11.1 Å². The number of hydrogen-bond donors (Lipinski definition) is 2. The molecule has 0 saturated heterocycles. The van der Waals surface area contributed by atoms with Crippen molar-refractivity contribution in [1.29, 1.82) is 0 Å². The van der Waals surface area contributed by atoms with Crippen molar-refractivity contribution in [2.45, 2.75) is 26.4 Å². The van der Waals surface area contributed by atoms with Crippen LogP contribution in [0.25, 0.3) is 0 Å². The maximum absolute atomic E-state index is 10.9. The minimum atomic E-state index is -0.887. The third-order valence-electron chi connectivity index (χ3n) is 3.26. The Morgan fingerprint density at radius 1 is 1.00 bits per heavy atom. The average Bonchev–Trinajstić information content (AvgIpc) is 2.48. The molecule has 0 aliphatic carbocycles. The van der Waals surface area contributed by atoms with E-state index in [1.165, 1.54) is 11.1 Å². The monoisotopic (exact) mass is 269 g/mol. The Labute approximate surface area is 119 Å². The predicted octanol–water partition coefficient (Wildman–Crippen LogP) is 3.24. The third-order valence-corrected chi connectivity index (χ3v) is 3.26. The molecule has 0 radical (unpaired) electrons. The number of rotatable bonds is 6. The summed E-state index contributed by atoms with van der Waals surface area (Å²) in [5.74, 6) is -0.887. The van der Waals surface area contributed by atoms with Crippen LogP contribution in [0.4, 0.5) is 0 Å². The van der Waals surface area contributed by atoms with Crippen molar-refractivity contribution in [3.05, 3.63) is 70.8 Å². The molecule has 0 bridgehead atoms. The topological polar surface area (TPSA) is 49.3 Å². The molecule has 0 unspecified atom stereocenters. The largest absolute Gasteiger partial charge is 0.478 e. The number of carboxylic acid groups (broad SMARTS) is 1. The Kier molecular flexibility index (Phi) is 4.91. The molecular formula is C17H19NO2. The summed E-state index contributed by atoms with van der Waals surface area (Å²) in [6, 6.07) is 15.5. The van der Waals surface area contributed by atoms with Crippen LogP contribution >= 0.6 is 0 Å². The number of benzene rings is 2. The molecule has 2 rings (SSSR count). The van der Waals surface area contributed by atoms with Gasteiger partial charge in [0.2, 0.25) is 0 Å². The lowest BCUT2D eigenvalue weighted by Gasteiger charge is -2.06. The molecule has 0 spiro atoms. The summed E-state index contributed by atoms with van der Waals surface area (Å²) in [5, 5.41) is 12.3. The number of carboxylic acids is 1. The van der Waals surface area contributed by atoms with Crippen LogP contribution in [0.1, 0.15) is 34.0 Å². The molecule has 0 aromatic heterocycles. The lowest BCUT2D eigenvalue weighted by atomic mass is 10.1. The second kappa shape index (κ2) is 6.87. The van der Waals surface area contributed by atoms with Gasteiger partial charge in [0.25, 0.3) is 0 Å². The summed E-state index contributed by atoms with van der Waals surface area (Å²) in [6.07, 6.45) is 1.05. The predicted molar refractivity (Wildman–Crippen MR) is 79.8 cm³/mol. The molecule has 0 fully saturated rings. The van der Waals surface area contributed by atoms with E-state index in [4.69, 9.17) is 5.11 Å². The highest BCUT2D eigenvalue weighted by Gasteiger charge is 2.02. The van der Waals surface area contributed by atoms with E-state index in [-0.39, 0.29) is 0 Å². The molecule has 0 aliphatic heterocycles. The Bertz CT molecular complexity index is 576. The lowest BCUT2D eigenvalue weighted by molar-refractivity contribution is 0.0696. The third kappa shape index (κ3) is 3.93. The molecular weight excluding hydrogens is 250 g/mol. The van der Waals surface area contributed by atoms with Gasteiger partial charge in [-0.3, -0.25) is 0 Å². The van der Waals surface area contributed by atoms with Crippen LogP contribution in [0.3, 0.4) is 0 Å². The number of carbonyl (C=O) groups is 1. The summed E-state index contributed by atoms with van der Waals surface area (Å²) in [4.78, 5) is 10.9. The van der Waals surface area contributed by atoms with E-state index in [0.717, 1.165) is 18.5 Å². The maximum Gasteiger partial charge on any atom is 0.335 e. The Hall–Kier alpha value is -2.13. The Balaban J connectivity index is 1.88. The van der Waals surface area contributed by atoms with Gasteiger partial charge >= 0.3 is 5.97 Å². The fourth-order valence-corrected chi connectivity index (χ4v) is 2.06. The number of hydrogen-bond acceptors (Lipinski definition) is 2. The molecule has 0 amide bonds. The van der Waals surface area contributed by atoms with Gasteiger partial charge in [0.15, 0.2) is 0 Å². The first-order valence-electron chi connectivity index (χ1n) is 6.80. The summed E-state index contributed by atoms with van der Waals surface area (Å²) < 4.78 is 0. The fourth-order valence-electron chi connectivity index (χ4n) is 2.06. The first-order chi connectivity index (χ1) is 9.69. The molecule has 104 valence electrons. The minimum absolute atomic E-state index is 0.330. The molecule has 2 aromatic carbocycles. The number of aromatic carboxylic acids is 1. The Morgan fingerprint density at radius 3 is 2.30 bits per heavy atom. The zero-order chi connectivity index (χ0) is 14.4. The van der Waals surface area contributed by atoms with Crippen molar-refractivity contribution in [2.24, 2.45) is 0 Å². The van der Waals surface area contributed by atoms with Gasteiger partial charge in [-0.25, -0.2) is 4.79 Å². The van der Waals surface area contributed by atoms with Crippen molar-refractivity contribution in [3.8, 4) is 0 Å². The van der Waals surface area contributed by atoms with Crippen molar-refractivity contribution < 1.29 is 9.90 Å². The second-order valence-electron chi connectivity index (χ2n) is 4.78. The van der Waals surface area contributed by atoms with Crippen molar-refractivity contribution in [2.75, 3.05) is 0 Å². The van der Waals surface area contributed by atoms with Crippen molar-refractivity contribution >= 4 is 5.97 Å². The molecule has 0 aliphatic rings.